The van der Waals surface area contributed by atoms with Crippen LogP contribution in [0.2, 0.25) is 0 Å². The summed E-state index contributed by atoms with van der Waals surface area (Å²) in [6.07, 6.45) is 2.90. The van der Waals surface area contributed by atoms with Crippen LogP contribution in [-0.2, 0) is 19.4 Å². The fourth-order valence-electron chi connectivity index (χ4n) is 4.70. The molecule has 3 heterocycles. The monoisotopic (exact) mass is 478 g/mol. The van der Waals surface area contributed by atoms with Crippen molar-refractivity contribution in [2.45, 2.75) is 58.7 Å². The van der Waals surface area contributed by atoms with Crippen LogP contribution in [0.4, 0.5) is 0 Å². The summed E-state index contributed by atoms with van der Waals surface area (Å²) in [6, 6.07) is 10.3. The van der Waals surface area contributed by atoms with Crippen molar-refractivity contribution in [1.29, 1.82) is 0 Å². The Kier molecular flexibility index (Phi) is 5.73. The largest absolute Gasteiger partial charge is 0.300 e. The van der Waals surface area contributed by atoms with E-state index in [1.807, 2.05) is 25.1 Å². The number of imidazole rings is 1. The van der Waals surface area contributed by atoms with Crippen molar-refractivity contribution >= 4 is 39.2 Å². The van der Waals surface area contributed by atoms with Crippen molar-refractivity contribution in [3.05, 3.63) is 68.7 Å². The first-order valence-electron chi connectivity index (χ1n) is 11.5. The van der Waals surface area contributed by atoms with Crippen LogP contribution in [0.3, 0.4) is 0 Å². The highest BCUT2D eigenvalue weighted by Crippen LogP contribution is 2.40. The molecule has 33 heavy (non-hydrogen) atoms. The maximum atomic E-state index is 13.9. The molecule has 0 fully saturated rings. The van der Waals surface area contributed by atoms with Crippen molar-refractivity contribution in [3.8, 4) is 0 Å². The van der Waals surface area contributed by atoms with Crippen LogP contribution in [-0.4, -0.2) is 24.9 Å². The summed E-state index contributed by atoms with van der Waals surface area (Å²) in [5, 5.41) is 9.86. The molecule has 1 aliphatic rings. The van der Waals surface area contributed by atoms with Gasteiger partial charge in [-0.25, -0.2) is 4.40 Å². The van der Waals surface area contributed by atoms with Crippen LogP contribution >= 0.6 is 23.1 Å². The molecule has 3 aromatic heterocycles. The molecule has 1 aromatic carbocycles. The maximum absolute atomic E-state index is 13.9. The zero-order valence-corrected chi connectivity index (χ0v) is 21.4. The molecule has 0 amide bonds. The highest BCUT2D eigenvalue weighted by atomic mass is 32.2. The summed E-state index contributed by atoms with van der Waals surface area (Å²) in [5.41, 5.74) is 4.40. The SMILES string of the molecule is C=C(C)CSc1nnc2n(Cc3ccccc3)c3c(=O)c4c(sc3n12)CC(C(C)(C)C)CC4. The van der Waals surface area contributed by atoms with Crippen molar-refractivity contribution in [3.63, 3.8) is 0 Å². The molecular formula is C26H30N4OS2. The fourth-order valence-corrected chi connectivity index (χ4v) is 6.92. The Bertz CT molecular complexity index is 1410. The summed E-state index contributed by atoms with van der Waals surface area (Å²) >= 11 is 3.39. The highest BCUT2D eigenvalue weighted by molar-refractivity contribution is 7.99. The summed E-state index contributed by atoms with van der Waals surface area (Å²) < 4.78 is 4.16. The van der Waals surface area contributed by atoms with E-state index in [2.05, 4.69) is 58.6 Å². The third kappa shape index (κ3) is 4.06. The average Bonchev–Trinajstić information content (AvgIpc) is 3.32. The molecule has 0 spiro atoms. The second-order valence-corrected chi connectivity index (χ2v) is 12.3. The van der Waals surface area contributed by atoms with E-state index in [0.29, 0.717) is 12.5 Å². The smallest absolute Gasteiger partial charge is 0.238 e. The van der Waals surface area contributed by atoms with Crippen LogP contribution < -0.4 is 5.43 Å². The third-order valence-electron chi connectivity index (χ3n) is 6.61. The maximum Gasteiger partial charge on any atom is 0.238 e. The van der Waals surface area contributed by atoms with E-state index in [-0.39, 0.29) is 10.8 Å². The van der Waals surface area contributed by atoms with Gasteiger partial charge in [0.15, 0.2) is 5.16 Å². The number of hydrogen-bond acceptors (Lipinski definition) is 5. The molecule has 0 radical (unpaired) electrons. The zero-order chi connectivity index (χ0) is 23.3. The van der Waals surface area contributed by atoms with Crippen LogP contribution in [0.25, 0.3) is 16.1 Å². The number of hydrogen-bond donors (Lipinski definition) is 0. The Morgan fingerprint density at radius 3 is 2.70 bits per heavy atom. The van der Waals surface area contributed by atoms with E-state index < -0.39 is 0 Å². The number of aromatic nitrogens is 4. The molecule has 4 aromatic rings. The van der Waals surface area contributed by atoms with Gasteiger partial charge in [0.25, 0.3) is 0 Å². The summed E-state index contributed by atoms with van der Waals surface area (Å²) in [5.74, 6) is 2.09. The molecule has 172 valence electrons. The Morgan fingerprint density at radius 2 is 2.00 bits per heavy atom. The molecular weight excluding hydrogens is 448 g/mol. The molecule has 5 rings (SSSR count). The summed E-state index contributed by atoms with van der Waals surface area (Å²) in [7, 11) is 0. The van der Waals surface area contributed by atoms with E-state index in [9.17, 15) is 4.79 Å². The fraction of sp³-hybridized carbons (Fsp3) is 0.423. The zero-order valence-electron chi connectivity index (χ0n) is 19.7. The van der Waals surface area contributed by atoms with E-state index in [1.54, 1.807) is 23.1 Å². The van der Waals surface area contributed by atoms with Crippen molar-refractivity contribution in [2.75, 3.05) is 5.75 Å². The number of rotatable bonds is 5. The van der Waals surface area contributed by atoms with Gasteiger partial charge in [-0.3, -0.25) is 9.36 Å². The van der Waals surface area contributed by atoms with Gasteiger partial charge in [0.05, 0.1) is 6.54 Å². The first-order valence-corrected chi connectivity index (χ1v) is 13.3. The highest BCUT2D eigenvalue weighted by Gasteiger charge is 2.32. The molecule has 1 atom stereocenters. The minimum atomic E-state index is 0.170. The molecule has 0 aliphatic heterocycles. The second kappa shape index (κ2) is 8.44. The lowest BCUT2D eigenvalue weighted by molar-refractivity contribution is 0.217. The lowest BCUT2D eigenvalue weighted by Crippen LogP contribution is -2.29. The van der Waals surface area contributed by atoms with Gasteiger partial charge in [0.1, 0.15) is 10.3 Å². The molecule has 5 nitrogen and oxygen atoms in total. The average molecular weight is 479 g/mol. The number of benzene rings is 1. The lowest BCUT2D eigenvalue weighted by atomic mass is 9.72. The molecule has 0 N–H and O–H groups in total. The molecule has 7 heteroatoms. The van der Waals surface area contributed by atoms with Gasteiger partial charge in [0.2, 0.25) is 11.2 Å². The second-order valence-electron chi connectivity index (χ2n) is 10.2. The van der Waals surface area contributed by atoms with E-state index in [4.69, 9.17) is 0 Å². The van der Waals surface area contributed by atoms with Crippen molar-refractivity contribution in [1.82, 2.24) is 19.2 Å². The van der Waals surface area contributed by atoms with Gasteiger partial charge in [-0.05, 0) is 43.1 Å². The Hall–Kier alpha value is -2.38. The Balaban J connectivity index is 1.74. The minimum Gasteiger partial charge on any atom is -0.300 e. The normalized spacial score (nSPS) is 16.4. The molecule has 0 saturated carbocycles. The molecule has 1 aliphatic carbocycles. The van der Waals surface area contributed by atoms with E-state index >= 15 is 0 Å². The number of fused-ring (bicyclic) bond motifs is 4. The molecule has 0 bridgehead atoms. The Morgan fingerprint density at radius 1 is 1.24 bits per heavy atom. The number of thioether (sulfide) groups is 1. The van der Waals surface area contributed by atoms with Gasteiger partial charge in [-0.1, -0.05) is 75.0 Å². The van der Waals surface area contributed by atoms with Crippen LogP contribution in [0.15, 0.2) is 52.4 Å². The first-order chi connectivity index (χ1) is 15.7. The van der Waals surface area contributed by atoms with Crippen LogP contribution in [0, 0.1) is 11.3 Å². The van der Waals surface area contributed by atoms with Gasteiger partial charge in [-0.15, -0.1) is 21.5 Å². The summed E-state index contributed by atoms with van der Waals surface area (Å²) in [4.78, 5) is 16.1. The minimum absolute atomic E-state index is 0.170. The van der Waals surface area contributed by atoms with Gasteiger partial charge in [-0.2, -0.15) is 0 Å². The van der Waals surface area contributed by atoms with Crippen molar-refractivity contribution in [2.24, 2.45) is 11.3 Å². The quantitative estimate of drug-likeness (QED) is 0.262. The lowest BCUT2D eigenvalue weighted by Gasteiger charge is -2.34. The predicted molar refractivity (Wildman–Crippen MR) is 139 cm³/mol. The summed E-state index contributed by atoms with van der Waals surface area (Å²) in [6.45, 7) is 13.6. The standard InChI is InChI=1S/C26H30N4OS2/c1-16(2)15-32-25-28-27-24-29(14-17-9-7-6-8-10-17)21-22(31)19-12-11-18(26(3,4)5)13-20(19)33-23(21)30(24)25/h6-10,18H,1,11-15H2,2-5H3. The van der Waals surface area contributed by atoms with Crippen LogP contribution in [0.1, 0.15) is 50.1 Å². The van der Waals surface area contributed by atoms with Gasteiger partial charge < -0.3 is 0 Å². The van der Waals surface area contributed by atoms with Gasteiger partial charge in [0, 0.05) is 16.2 Å². The number of nitrogens with zero attached hydrogens (tertiary/aromatic N) is 4. The van der Waals surface area contributed by atoms with E-state index in [0.717, 1.165) is 63.0 Å². The van der Waals surface area contributed by atoms with Crippen molar-refractivity contribution < 1.29 is 0 Å². The molecule has 1 unspecified atom stereocenters. The Labute approximate surface area is 202 Å². The third-order valence-corrected chi connectivity index (χ3v) is 9.00. The predicted octanol–water partition coefficient (Wildman–Crippen LogP) is 5.97. The van der Waals surface area contributed by atoms with Gasteiger partial charge >= 0.3 is 0 Å². The topological polar surface area (TPSA) is 52.2 Å². The molecule has 0 saturated heterocycles. The van der Waals surface area contributed by atoms with E-state index in [1.165, 1.54) is 4.88 Å². The van der Waals surface area contributed by atoms with Crippen LogP contribution in [0.5, 0.6) is 0 Å². The first kappa shape index (κ1) is 22.4.